The van der Waals surface area contributed by atoms with Gasteiger partial charge in [0, 0.05) is 11.3 Å². The quantitative estimate of drug-likeness (QED) is 0.401. The molecule has 0 nitrogen and oxygen atoms in total. The summed E-state index contributed by atoms with van der Waals surface area (Å²) in [5.74, 6) is 0.638. The third-order valence-electron chi connectivity index (χ3n) is 6.32. The predicted octanol–water partition coefficient (Wildman–Crippen LogP) is 7.96. The van der Waals surface area contributed by atoms with Gasteiger partial charge in [0.1, 0.15) is 0 Å². The van der Waals surface area contributed by atoms with E-state index in [1.807, 2.05) is 0 Å². The van der Waals surface area contributed by atoms with E-state index in [1.165, 1.54) is 40.7 Å². The highest BCUT2D eigenvalue weighted by Crippen LogP contribution is 2.59. The first-order chi connectivity index (χ1) is 13.5. The van der Waals surface area contributed by atoms with Crippen LogP contribution in [-0.2, 0) is 0 Å². The Bertz CT molecular complexity index is 898. The Labute approximate surface area is 172 Å². The number of aryl methyl sites for hydroxylation is 4. The maximum absolute atomic E-state index is 2.40. The van der Waals surface area contributed by atoms with Crippen LogP contribution < -0.4 is 0 Å². The van der Waals surface area contributed by atoms with E-state index in [0.29, 0.717) is 17.2 Å². The highest BCUT2D eigenvalue weighted by Gasteiger charge is 2.32. The molecule has 0 radical (unpaired) electrons. The lowest BCUT2D eigenvalue weighted by Crippen LogP contribution is -2.15. The van der Waals surface area contributed by atoms with Crippen molar-refractivity contribution in [2.24, 2.45) is 0 Å². The summed E-state index contributed by atoms with van der Waals surface area (Å²) in [5, 5.41) is 0. The van der Waals surface area contributed by atoms with E-state index in [0.717, 1.165) is 8.58 Å². The molecule has 0 bridgehead atoms. The summed E-state index contributed by atoms with van der Waals surface area (Å²) >= 11 is 0. The molecule has 0 spiro atoms. The summed E-state index contributed by atoms with van der Waals surface area (Å²) in [4.78, 5) is 0. The first-order valence-corrected chi connectivity index (χ1v) is 11.6. The lowest BCUT2D eigenvalue weighted by molar-refractivity contribution is 0.532. The van der Waals surface area contributed by atoms with Crippen molar-refractivity contribution >= 4 is 8.58 Å². The van der Waals surface area contributed by atoms with Gasteiger partial charge in [0.25, 0.3) is 0 Å². The topological polar surface area (TPSA) is 0 Å². The fraction of sp³-hybridized carbons (Fsp3) is 0.333. The Morgan fingerprint density at radius 2 is 1.14 bits per heavy atom. The van der Waals surface area contributed by atoms with Gasteiger partial charge >= 0.3 is 0 Å². The van der Waals surface area contributed by atoms with Crippen LogP contribution in [0.4, 0.5) is 0 Å². The molecule has 144 valence electrons. The molecule has 0 N–H and O–H groups in total. The van der Waals surface area contributed by atoms with E-state index in [-0.39, 0.29) is 0 Å². The van der Waals surface area contributed by atoms with Crippen LogP contribution in [-0.4, -0.2) is 0 Å². The van der Waals surface area contributed by atoms with E-state index >= 15 is 0 Å². The van der Waals surface area contributed by atoms with Crippen LogP contribution in [0.25, 0.3) is 0 Å². The van der Waals surface area contributed by atoms with E-state index in [4.69, 9.17) is 0 Å². The van der Waals surface area contributed by atoms with Crippen molar-refractivity contribution in [2.45, 2.75) is 57.8 Å². The fourth-order valence-corrected chi connectivity index (χ4v) is 7.24. The molecule has 1 heterocycles. The highest BCUT2D eigenvalue weighted by atomic mass is 31.1. The Hall–Kier alpha value is -1.91. The molecule has 3 aromatic rings. The second-order valence-corrected chi connectivity index (χ2v) is 10.3. The molecule has 0 saturated carbocycles. The molecule has 1 heteroatoms. The molecule has 1 aliphatic rings. The molecule has 1 aliphatic heterocycles. The van der Waals surface area contributed by atoms with Gasteiger partial charge in [-0.3, -0.25) is 0 Å². The van der Waals surface area contributed by atoms with Crippen molar-refractivity contribution in [1.82, 2.24) is 0 Å². The molecule has 3 aromatic carbocycles. The van der Waals surface area contributed by atoms with Crippen LogP contribution in [0.5, 0.6) is 0 Å². The summed E-state index contributed by atoms with van der Waals surface area (Å²) in [6.45, 7) is 8.99. The molecule has 0 aromatic heterocycles. The minimum atomic E-state index is 0.638. The number of benzene rings is 3. The zero-order chi connectivity index (χ0) is 19.7. The summed E-state index contributed by atoms with van der Waals surface area (Å²) in [6, 6.07) is 25.3. The number of hydrogen-bond donors (Lipinski definition) is 0. The molecule has 0 amide bonds. The summed E-state index contributed by atoms with van der Waals surface area (Å²) in [7, 11) is 0.956. The molecule has 2 atom stereocenters. The normalized spacial score (nSPS) is 23.1. The van der Waals surface area contributed by atoms with E-state index in [9.17, 15) is 0 Å². The molecule has 4 rings (SSSR count). The first kappa shape index (κ1) is 19.4. The van der Waals surface area contributed by atoms with Gasteiger partial charge in [-0.2, -0.15) is 0 Å². The van der Waals surface area contributed by atoms with Crippen LogP contribution in [0.15, 0.2) is 66.7 Å². The molecule has 2 unspecified atom stereocenters. The minimum absolute atomic E-state index is 0.638. The van der Waals surface area contributed by atoms with Gasteiger partial charge in [0.05, 0.1) is 0 Å². The maximum atomic E-state index is 2.40. The zero-order valence-electron chi connectivity index (χ0n) is 17.5. The predicted molar refractivity (Wildman–Crippen MR) is 124 cm³/mol. The van der Waals surface area contributed by atoms with Crippen LogP contribution in [0, 0.1) is 27.7 Å². The minimum Gasteiger partial charge on any atom is -0.107 e. The molecule has 28 heavy (non-hydrogen) atoms. The van der Waals surface area contributed by atoms with Crippen LogP contribution >= 0.6 is 8.58 Å². The Morgan fingerprint density at radius 1 is 0.643 bits per heavy atom. The average Bonchev–Trinajstić information content (AvgIpc) is 2.68. The monoisotopic (exact) mass is 386 g/mol. The van der Waals surface area contributed by atoms with Crippen molar-refractivity contribution < 1.29 is 0 Å². The van der Waals surface area contributed by atoms with E-state index < -0.39 is 0 Å². The molecular weight excluding hydrogens is 355 g/mol. The van der Waals surface area contributed by atoms with Gasteiger partial charge in [-0.25, -0.2) is 0 Å². The van der Waals surface area contributed by atoms with Gasteiger partial charge in [-0.15, -0.1) is 8.58 Å². The molecule has 1 saturated heterocycles. The third-order valence-corrected chi connectivity index (χ3v) is 8.21. The number of hydrogen-bond acceptors (Lipinski definition) is 0. The fourth-order valence-electron chi connectivity index (χ4n) is 4.91. The average molecular weight is 387 g/mol. The van der Waals surface area contributed by atoms with Crippen molar-refractivity contribution in [2.75, 3.05) is 0 Å². The maximum Gasteiger partial charge on any atom is 0.00281 e. The van der Waals surface area contributed by atoms with Crippen molar-refractivity contribution in [3.8, 4) is 0 Å². The lowest BCUT2D eigenvalue weighted by Gasteiger charge is -2.37. The molecule has 0 aliphatic carbocycles. The first-order valence-electron chi connectivity index (χ1n) is 10.5. The summed E-state index contributed by atoms with van der Waals surface area (Å²) in [5.41, 5.74) is 11.6. The second kappa shape index (κ2) is 8.22. The zero-order valence-corrected chi connectivity index (χ0v) is 18.5. The Morgan fingerprint density at radius 3 is 1.61 bits per heavy atom. The van der Waals surface area contributed by atoms with Gasteiger partial charge in [0.15, 0.2) is 0 Å². The van der Waals surface area contributed by atoms with Crippen LogP contribution in [0.1, 0.15) is 69.0 Å². The van der Waals surface area contributed by atoms with E-state index in [2.05, 4.69) is 94.4 Å². The van der Waals surface area contributed by atoms with Crippen molar-refractivity contribution in [3.05, 3.63) is 106 Å². The van der Waals surface area contributed by atoms with Crippen molar-refractivity contribution in [3.63, 3.8) is 0 Å². The lowest BCUT2D eigenvalue weighted by atomic mass is 9.84. The molecular formula is C27H31P. The van der Waals surface area contributed by atoms with Gasteiger partial charge < -0.3 is 0 Å². The van der Waals surface area contributed by atoms with Gasteiger partial charge in [0.2, 0.25) is 0 Å². The SMILES string of the molecule is Cc1ccc(C2CC(c3ccccc3)CC(c3ccc(C)cc3C)P2)c(C)c1. The second-order valence-electron chi connectivity index (χ2n) is 8.57. The van der Waals surface area contributed by atoms with Gasteiger partial charge in [-0.1, -0.05) is 77.9 Å². The van der Waals surface area contributed by atoms with Gasteiger partial charge in [-0.05, 0) is 74.3 Å². The van der Waals surface area contributed by atoms with Crippen LogP contribution in [0.3, 0.4) is 0 Å². The smallest absolute Gasteiger partial charge is 0.00281 e. The number of rotatable bonds is 3. The highest BCUT2D eigenvalue weighted by molar-refractivity contribution is 7.39. The third kappa shape index (κ3) is 4.08. The largest absolute Gasteiger partial charge is 0.107 e. The molecule has 1 fully saturated rings. The van der Waals surface area contributed by atoms with E-state index in [1.54, 1.807) is 11.1 Å². The Kier molecular flexibility index (Phi) is 5.70. The summed E-state index contributed by atoms with van der Waals surface area (Å²) < 4.78 is 0. The summed E-state index contributed by atoms with van der Waals surface area (Å²) in [6.07, 6.45) is 2.54. The standard InChI is InChI=1S/C27H31P/c1-18-10-12-24(20(3)14-18)26-16-23(22-8-6-5-7-9-22)17-27(28-26)25-13-11-19(2)15-21(25)4/h5-15,23,26-28H,16-17H2,1-4H3. The van der Waals surface area contributed by atoms with Crippen LogP contribution in [0.2, 0.25) is 0 Å². The Balaban J connectivity index is 1.72. The van der Waals surface area contributed by atoms with Crippen molar-refractivity contribution in [1.29, 1.82) is 0 Å².